The molecule has 6 atom stereocenters. The lowest BCUT2D eigenvalue weighted by atomic mass is 9.82. The number of fused-ring (bicyclic) bond motifs is 1. The summed E-state index contributed by atoms with van der Waals surface area (Å²) in [7, 11) is 1.55. The van der Waals surface area contributed by atoms with Crippen molar-refractivity contribution in [3.63, 3.8) is 0 Å². The minimum atomic E-state index is -0.761. The lowest BCUT2D eigenvalue weighted by Crippen LogP contribution is -2.61. The number of methoxy groups -OCH3 is 1. The standard InChI is InChI=1S/C33H60O9/c1-8-9-10-11-12-13-14-15-16-19-27-39-23-26-28(41-27)25(22-24(2)3)29(30(36-7)40-26)42-32(35)38-21-18-17-20-37-31(34)33(4,5)6/h24-30H,8-23H2,1-7H3/t25-,26?,27?,28-,29?,30-/m0/s1. The number of unbranched alkanes of at least 4 members (excludes halogenated alkanes) is 9. The van der Waals surface area contributed by atoms with Crippen LogP contribution in [0.25, 0.3) is 0 Å². The van der Waals surface area contributed by atoms with Gasteiger partial charge in [0.1, 0.15) is 6.10 Å². The van der Waals surface area contributed by atoms with Crippen LogP contribution in [-0.2, 0) is 38.0 Å². The van der Waals surface area contributed by atoms with Gasteiger partial charge in [0.15, 0.2) is 18.7 Å². The molecular formula is C33H60O9. The molecule has 0 aromatic heterocycles. The highest BCUT2D eigenvalue weighted by atomic mass is 16.8. The third kappa shape index (κ3) is 13.5. The van der Waals surface area contributed by atoms with Crippen LogP contribution in [0.3, 0.4) is 0 Å². The maximum Gasteiger partial charge on any atom is 0.508 e. The van der Waals surface area contributed by atoms with Crippen LogP contribution in [0.4, 0.5) is 4.79 Å². The molecule has 0 amide bonds. The Morgan fingerprint density at radius 2 is 1.48 bits per heavy atom. The molecule has 9 heteroatoms. The van der Waals surface area contributed by atoms with Gasteiger partial charge in [0.05, 0.1) is 31.3 Å². The van der Waals surface area contributed by atoms with Crippen molar-refractivity contribution in [2.75, 3.05) is 26.9 Å². The molecule has 0 saturated carbocycles. The molecule has 0 bridgehead atoms. The number of ether oxygens (including phenoxy) is 7. The molecule has 0 spiro atoms. The molecule has 42 heavy (non-hydrogen) atoms. The first kappa shape index (κ1) is 36.8. The Labute approximate surface area is 255 Å². The lowest BCUT2D eigenvalue weighted by Gasteiger charge is -2.49. The summed E-state index contributed by atoms with van der Waals surface area (Å²) in [4.78, 5) is 24.6. The third-order valence-electron chi connectivity index (χ3n) is 7.90. The van der Waals surface area contributed by atoms with Gasteiger partial charge in [0.25, 0.3) is 0 Å². The second-order valence-corrected chi connectivity index (χ2v) is 13.3. The van der Waals surface area contributed by atoms with Crippen LogP contribution in [0.15, 0.2) is 0 Å². The van der Waals surface area contributed by atoms with E-state index in [9.17, 15) is 9.59 Å². The van der Waals surface area contributed by atoms with E-state index in [1.807, 2.05) is 20.8 Å². The van der Waals surface area contributed by atoms with Crippen LogP contribution in [-0.4, -0.2) is 69.9 Å². The Hall–Kier alpha value is -1.42. The number of hydrogen-bond acceptors (Lipinski definition) is 9. The van der Waals surface area contributed by atoms with Crippen molar-refractivity contribution in [1.82, 2.24) is 0 Å². The van der Waals surface area contributed by atoms with Crippen molar-refractivity contribution in [2.45, 2.75) is 156 Å². The summed E-state index contributed by atoms with van der Waals surface area (Å²) < 4.78 is 40.7. The smallest absolute Gasteiger partial charge is 0.465 e. The molecule has 2 heterocycles. The first-order valence-electron chi connectivity index (χ1n) is 16.5. The highest BCUT2D eigenvalue weighted by Crippen LogP contribution is 2.38. The Morgan fingerprint density at radius 1 is 0.857 bits per heavy atom. The maximum absolute atomic E-state index is 12.7. The number of carbonyl (C=O) groups excluding carboxylic acids is 2. The highest BCUT2D eigenvalue weighted by Gasteiger charge is 2.51. The summed E-state index contributed by atoms with van der Waals surface area (Å²) in [6, 6.07) is 0. The summed E-state index contributed by atoms with van der Waals surface area (Å²) >= 11 is 0. The predicted molar refractivity (Wildman–Crippen MR) is 161 cm³/mol. The number of carbonyl (C=O) groups is 2. The fraction of sp³-hybridized carbons (Fsp3) is 0.939. The highest BCUT2D eigenvalue weighted by molar-refractivity contribution is 5.75. The van der Waals surface area contributed by atoms with Gasteiger partial charge in [-0.15, -0.1) is 0 Å². The molecule has 2 saturated heterocycles. The topological polar surface area (TPSA) is 98.8 Å². The Morgan fingerprint density at radius 3 is 2.07 bits per heavy atom. The van der Waals surface area contributed by atoms with Crippen LogP contribution in [0.5, 0.6) is 0 Å². The van der Waals surface area contributed by atoms with Crippen LogP contribution >= 0.6 is 0 Å². The van der Waals surface area contributed by atoms with Crippen molar-refractivity contribution < 1.29 is 42.7 Å². The Balaban J connectivity index is 1.83. The van der Waals surface area contributed by atoms with Gasteiger partial charge in [-0.3, -0.25) is 4.79 Å². The average Bonchev–Trinajstić information content (AvgIpc) is 2.94. The molecule has 2 fully saturated rings. The molecule has 0 radical (unpaired) electrons. The zero-order valence-corrected chi connectivity index (χ0v) is 27.5. The van der Waals surface area contributed by atoms with E-state index in [-0.39, 0.29) is 43.6 Å². The van der Waals surface area contributed by atoms with E-state index in [0.717, 1.165) is 19.3 Å². The molecule has 0 aromatic rings. The molecule has 3 unspecified atom stereocenters. The van der Waals surface area contributed by atoms with E-state index >= 15 is 0 Å². The van der Waals surface area contributed by atoms with Gasteiger partial charge in [0, 0.05) is 13.0 Å². The zero-order valence-electron chi connectivity index (χ0n) is 27.5. The Bertz CT molecular complexity index is 750. The molecule has 0 N–H and O–H groups in total. The van der Waals surface area contributed by atoms with E-state index in [2.05, 4.69) is 20.8 Å². The monoisotopic (exact) mass is 600 g/mol. The molecule has 2 rings (SSSR count). The van der Waals surface area contributed by atoms with Crippen molar-refractivity contribution in [3.8, 4) is 0 Å². The quantitative estimate of drug-likeness (QED) is 0.110. The van der Waals surface area contributed by atoms with Crippen molar-refractivity contribution in [1.29, 1.82) is 0 Å². The summed E-state index contributed by atoms with van der Waals surface area (Å²) in [5.41, 5.74) is -0.534. The maximum atomic E-state index is 12.7. The van der Waals surface area contributed by atoms with Crippen LogP contribution < -0.4 is 0 Å². The van der Waals surface area contributed by atoms with Gasteiger partial charge in [-0.1, -0.05) is 72.1 Å². The van der Waals surface area contributed by atoms with E-state index < -0.39 is 24.0 Å². The molecule has 246 valence electrons. The second-order valence-electron chi connectivity index (χ2n) is 13.3. The molecule has 0 aromatic carbocycles. The molecule has 2 aliphatic rings. The summed E-state index contributed by atoms with van der Waals surface area (Å²) in [6.07, 6.45) is 11.2. The molecule has 0 aliphatic carbocycles. The normalized spacial score (nSPS) is 26.1. The second kappa shape index (κ2) is 19.8. The van der Waals surface area contributed by atoms with Crippen molar-refractivity contribution in [3.05, 3.63) is 0 Å². The van der Waals surface area contributed by atoms with Gasteiger partial charge >= 0.3 is 12.1 Å². The first-order chi connectivity index (χ1) is 20.1. The van der Waals surface area contributed by atoms with Gasteiger partial charge < -0.3 is 33.2 Å². The van der Waals surface area contributed by atoms with E-state index in [1.54, 1.807) is 7.11 Å². The zero-order chi connectivity index (χ0) is 31.0. The van der Waals surface area contributed by atoms with Gasteiger partial charge in [0.2, 0.25) is 0 Å². The van der Waals surface area contributed by atoms with Gasteiger partial charge in [-0.2, -0.15) is 0 Å². The minimum Gasteiger partial charge on any atom is -0.465 e. The summed E-state index contributed by atoms with van der Waals surface area (Å²) in [6.45, 7) is 12.9. The summed E-state index contributed by atoms with van der Waals surface area (Å²) in [5.74, 6) is -0.00930. The SMILES string of the molecule is CCCCCCCCCCCC1OCC2O[C@H](OC)C(OC(=O)OCCCCOC(=O)C(C)(C)C)[C@@H](CC(C)C)[C@@H]2O1. The Kier molecular flexibility index (Phi) is 17.3. The molecule has 9 nitrogen and oxygen atoms in total. The largest absolute Gasteiger partial charge is 0.508 e. The minimum absolute atomic E-state index is 0.118. The first-order valence-corrected chi connectivity index (χ1v) is 16.5. The fourth-order valence-corrected chi connectivity index (χ4v) is 5.54. The fourth-order valence-electron chi connectivity index (χ4n) is 5.54. The van der Waals surface area contributed by atoms with Crippen LogP contribution in [0, 0.1) is 17.3 Å². The van der Waals surface area contributed by atoms with E-state index in [1.165, 1.54) is 51.4 Å². The lowest BCUT2D eigenvalue weighted by molar-refractivity contribution is -0.349. The molecule has 2 aliphatic heterocycles. The molecular weight excluding hydrogens is 540 g/mol. The summed E-state index contributed by atoms with van der Waals surface area (Å²) in [5, 5.41) is 0. The third-order valence-corrected chi connectivity index (χ3v) is 7.90. The number of esters is 1. The van der Waals surface area contributed by atoms with Crippen molar-refractivity contribution >= 4 is 12.1 Å². The van der Waals surface area contributed by atoms with E-state index in [4.69, 9.17) is 33.2 Å². The van der Waals surface area contributed by atoms with Crippen molar-refractivity contribution in [2.24, 2.45) is 17.3 Å². The predicted octanol–water partition coefficient (Wildman–Crippen LogP) is 7.57. The number of hydrogen-bond donors (Lipinski definition) is 0. The van der Waals surface area contributed by atoms with Crippen LogP contribution in [0.2, 0.25) is 0 Å². The number of rotatable bonds is 19. The van der Waals surface area contributed by atoms with Gasteiger partial charge in [-0.05, 0) is 58.8 Å². The van der Waals surface area contributed by atoms with Crippen LogP contribution in [0.1, 0.15) is 125 Å². The average molecular weight is 601 g/mol. The van der Waals surface area contributed by atoms with E-state index in [0.29, 0.717) is 25.4 Å². The van der Waals surface area contributed by atoms with Gasteiger partial charge in [-0.25, -0.2) is 4.79 Å².